The summed E-state index contributed by atoms with van der Waals surface area (Å²) < 4.78 is 5.65. The van der Waals surface area contributed by atoms with Crippen LogP contribution in [0.25, 0.3) is 0 Å². The van der Waals surface area contributed by atoms with Crippen molar-refractivity contribution in [2.75, 3.05) is 0 Å². The normalized spacial score (nSPS) is 34.4. The molecule has 0 amide bonds. The highest BCUT2D eigenvalue weighted by Gasteiger charge is 2.19. The Morgan fingerprint density at radius 1 is 1.70 bits per heavy atom. The van der Waals surface area contributed by atoms with E-state index in [4.69, 9.17) is 4.74 Å². The summed E-state index contributed by atoms with van der Waals surface area (Å²) in [6.07, 6.45) is 4.23. The highest BCUT2D eigenvalue weighted by molar-refractivity contribution is 5.03. The van der Waals surface area contributed by atoms with Gasteiger partial charge in [0.25, 0.3) is 0 Å². The van der Waals surface area contributed by atoms with Gasteiger partial charge in [0.2, 0.25) is 0 Å². The van der Waals surface area contributed by atoms with E-state index in [2.05, 4.69) is 20.4 Å². The molecule has 0 radical (unpaired) electrons. The third-order valence-corrected chi connectivity index (χ3v) is 2.21. The van der Waals surface area contributed by atoms with Gasteiger partial charge in [-0.3, -0.25) is 0 Å². The Balaban J connectivity index is 2.40. The largest absolute Gasteiger partial charge is 0.371 e. The standard InChI is InChI=1S/C9H16O/c1-4-9-6-5-7(2)8(3)10-9/h8-9H,2,4-6H2,1,3H3/t8-,9-/m0/s1. The van der Waals surface area contributed by atoms with Crippen LogP contribution < -0.4 is 0 Å². The molecule has 1 aliphatic rings. The lowest BCUT2D eigenvalue weighted by Crippen LogP contribution is -2.26. The van der Waals surface area contributed by atoms with Crippen LogP contribution in [0.1, 0.15) is 33.1 Å². The van der Waals surface area contributed by atoms with Crippen LogP contribution in [0.4, 0.5) is 0 Å². The van der Waals surface area contributed by atoms with E-state index in [1.807, 2.05) is 0 Å². The van der Waals surface area contributed by atoms with Crippen molar-refractivity contribution in [1.82, 2.24) is 0 Å². The van der Waals surface area contributed by atoms with Crippen molar-refractivity contribution in [2.45, 2.75) is 45.3 Å². The first-order valence-corrected chi connectivity index (χ1v) is 4.07. The summed E-state index contributed by atoms with van der Waals surface area (Å²) in [7, 11) is 0. The van der Waals surface area contributed by atoms with Gasteiger partial charge in [0.1, 0.15) is 0 Å². The van der Waals surface area contributed by atoms with Gasteiger partial charge in [-0.25, -0.2) is 0 Å². The lowest BCUT2D eigenvalue weighted by molar-refractivity contribution is -0.0108. The predicted molar refractivity (Wildman–Crippen MR) is 43.0 cm³/mol. The van der Waals surface area contributed by atoms with Crippen molar-refractivity contribution < 1.29 is 4.74 Å². The van der Waals surface area contributed by atoms with Crippen molar-refractivity contribution in [3.8, 4) is 0 Å². The highest BCUT2D eigenvalue weighted by atomic mass is 16.5. The van der Waals surface area contributed by atoms with Gasteiger partial charge in [-0.2, -0.15) is 0 Å². The summed E-state index contributed by atoms with van der Waals surface area (Å²) >= 11 is 0. The van der Waals surface area contributed by atoms with Gasteiger partial charge in [0, 0.05) is 0 Å². The topological polar surface area (TPSA) is 9.23 Å². The number of rotatable bonds is 1. The van der Waals surface area contributed by atoms with E-state index in [1.165, 1.54) is 12.0 Å². The molecule has 1 fully saturated rings. The molecule has 2 atom stereocenters. The first-order valence-electron chi connectivity index (χ1n) is 4.07. The average Bonchev–Trinajstić information content (AvgIpc) is 1.95. The summed E-state index contributed by atoms with van der Waals surface area (Å²) in [6, 6.07) is 0. The maximum absolute atomic E-state index is 5.65. The van der Waals surface area contributed by atoms with Crippen molar-refractivity contribution in [3.63, 3.8) is 0 Å². The monoisotopic (exact) mass is 140 g/mol. The first kappa shape index (κ1) is 7.80. The van der Waals surface area contributed by atoms with E-state index in [9.17, 15) is 0 Å². The van der Waals surface area contributed by atoms with Gasteiger partial charge >= 0.3 is 0 Å². The van der Waals surface area contributed by atoms with Gasteiger partial charge in [0.05, 0.1) is 12.2 Å². The van der Waals surface area contributed by atoms with E-state index < -0.39 is 0 Å². The molecule has 0 spiro atoms. The van der Waals surface area contributed by atoms with Crippen LogP contribution in [-0.4, -0.2) is 12.2 Å². The molecule has 1 heterocycles. The van der Waals surface area contributed by atoms with Gasteiger partial charge < -0.3 is 4.74 Å². The molecular formula is C9H16O. The quantitative estimate of drug-likeness (QED) is 0.508. The summed E-state index contributed by atoms with van der Waals surface area (Å²) in [6.45, 7) is 8.20. The number of ether oxygens (including phenoxy) is 1. The third kappa shape index (κ3) is 1.60. The fourth-order valence-corrected chi connectivity index (χ4v) is 1.30. The fourth-order valence-electron chi connectivity index (χ4n) is 1.30. The Kier molecular flexibility index (Phi) is 2.50. The second-order valence-electron chi connectivity index (χ2n) is 3.01. The zero-order valence-electron chi connectivity index (χ0n) is 6.89. The molecule has 1 nitrogen and oxygen atoms in total. The van der Waals surface area contributed by atoms with Gasteiger partial charge in [-0.05, 0) is 31.8 Å². The van der Waals surface area contributed by atoms with Gasteiger partial charge in [0.15, 0.2) is 0 Å². The molecule has 0 aromatic rings. The zero-order chi connectivity index (χ0) is 7.56. The summed E-state index contributed by atoms with van der Waals surface area (Å²) in [5.41, 5.74) is 1.25. The van der Waals surface area contributed by atoms with Gasteiger partial charge in [-0.1, -0.05) is 13.5 Å². The van der Waals surface area contributed by atoms with E-state index in [-0.39, 0.29) is 0 Å². The lowest BCUT2D eigenvalue weighted by Gasteiger charge is -2.28. The lowest BCUT2D eigenvalue weighted by atomic mass is 9.99. The molecule has 58 valence electrons. The number of hydrogen-bond donors (Lipinski definition) is 0. The zero-order valence-corrected chi connectivity index (χ0v) is 6.89. The minimum atomic E-state index is 0.290. The van der Waals surface area contributed by atoms with Crippen molar-refractivity contribution in [1.29, 1.82) is 0 Å². The molecule has 0 aliphatic carbocycles. The number of hydrogen-bond acceptors (Lipinski definition) is 1. The van der Waals surface area contributed by atoms with Crippen LogP contribution >= 0.6 is 0 Å². The molecule has 1 heteroatoms. The van der Waals surface area contributed by atoms with Crippen LogP contribution in [0, 0.1) is 0 Å². The van der Waals surface area contributed by atoms with E-state index in [1.54, 1.807) is 0 Å². The molecule has 1 rings (SSSR count). The van der Waals surface area contributed by atoms with Gasteiger partial charge in [-0.15, -0.1) is 0 Å². The Bertz CT molecular complexity index is 129. The van der Waals surface area contributed by atoms with Crippen LogP contribution in [0.3, 0.4) is 0 Å². The molecule has 0 aromatic carbocycles. The molecule has 0 bridgehead atoms. The molecule has 0 aromatic heterocycles. The highest BCUT2D eigenvalue weighted by Crippen LogP contribution is 2.23. The second-order valence-corrected chi connectivity index (χ2v) is 3.01. The van der Waals surface area contributed by atoms with E-state index >= 15 is 0 Å². The van der Waals surface area contributed by atoms with Crippen molar-refractivity contribution in [2.24, 2.45) is 0 Å². The maximum atomic E-state index is 5.65. The second kappa shape index (κ2) is 3.20. The minimum absolute atomic E-state index is 0.290. The summed E-state index contributed by atoms with van der Waals surface area (Å²) in [5.74, 6) is 0. The average molecular weight is 140 g/mol. The van der Waals surface area contributed by atoms with E-state index in [0.717, 1.165) is 12.8 Å². The molecule has 1 aliphatic heterocycles. The fraction of sp³-hybridized carbons (Fsp3) is 0.778. The third-order valence-electron chi connectivity index (χ3n) is 2.21. The molecule has 0 saturated carbocycles. The van der Waals surface area contributed by atoms with Crippen molar-refractivity contribution >= 4 is 0 Å². The van der Waals surface area contributed by atoms with Crippen molar-refractivity contribution in [3.05, 3.63) is 12.2 Å². The SMILES string of the molecule is C=C1CC[C@H](CC)O[C@H]1C. The summed E-state index contributed by atoms with van der Waals surface area (Å²) in [4.78, 5) is 0. The molecular weight excluding hydrogens is 124 g/mol. The van der Waals surface area contributed by atoms with Crippen LogP contribution in [0.2, 0.25) is 0 Å². The van der Waals surface area contributed by atoms with Crippen LogP contribution in [0.15, 0.2) is 12.2 Å². The predicted octanol–water partition coefficient (Wildman–Crippen LogP) is 2.52. The molecule has 1 saturated heterocycles. The Hall–Kier alpha value is -0.300. The molecule has 0 unspecified atom stereocenters. The minimum Gasteiger partial charge on any atom is -0.371 e. The summed E-state index contributed by atoms with van der Waals surface area (Å²) in [5, 5.41) is 0. The smallest absolute Gasteiger partial charge is 0.0758 e. The molecule has 10 heavy (non-hydrogen) atoms. The maximum Gasteiger partial charge on any atom is 0.0758 e. The first-order chi connectivity index (χ1) is 4.74. The Morgan fingerprint density at radius 3 is 2.90 bits per heavy atom. The van der Waals surface area contributed by atoms with E-state index in [0.29, 0.717) is 12.2 Å². The van der Waals surface area contributed by atoms with Crippen LogP contribution in [0.5, 0.6) is 0 Å². The Labute approximate surface area is 63.1 Å². The Morgan fingerprint density at radius 2 is 2.40 bits per heavy atom. The molecule has 0 N–H and O–H groups in total. The van der Waals surface area contributed by atoms with Crippen LogP contribution in [-0.2, 0) is 4.74 Å².